The molecule has 2 nitrogen and oxygen atoms in total. The van der Waals surface area contributed by atoms with E-state index in [1.807, 2.05) is 7.05 Å². The van der Waals surface area contributed by atoms with E-state index < -0.39 is 0 Å². The number of likely N-dealkylation sites (N-methyl/N-ethyl adjacent to an activating group) is 2. The fraction of sp³-hybridized carbons (Fsp3) is 1.00. The quantitative estimate of drug-likeness (QED) is 0.654. The van der Waals surface area contributed by atoms with Crippen LogP contribution in [0.15, 0.2) is 0 Å². The minimum absolute atomic E-state index is 0.685. The Bertz CT molecular complexity index is 98.0. The number of nitrogens with one attached hydrogen (secondary N) is 1. The third-order valence-corrected chi connectivity index (χ3v) is 2.46. The lowest BCUT2D eigenvalue weighted by molar-refractivity contribution is 0.169. The summed E-state index contributed by atoms with van der Waals surface area (Å²) in [6.07, 6.45) is 0. The molecule has 12 heavy (non-hydrogen) atoms. The highest BCUT2D eigenvalue weighted by atomic mass is 15.2. The van der Waals surface area contributed by atoms with Crippen LogP contribution in [0.3, 0.4) is 0 Å². The van der Waals surface area contributed by atoms with Gasteiger partial charge in [0, 0.05) is 12.6 Å². The molecule has 0 aromatic carbocycles. The van der Waals surface area contributed by atoms with Crippen molar-refractivity contribution in [3.63, 3.8) is 0 Å². The summed E-state index contributed by atoms with van der Waals surface area (Å²) in [5.41, 5.74) is 0. The van der Waals surface area contributed by atoms with Gasteiger partial charge in [-0.2, -0.15) is 0 Å². The van der Waals surface area contributed by atoms with Crippen molar-refractivity contribution in [2.45, 2.75) is 33.7 Å². The number of rotatable bonds is 6. The Balaban J connectivity index is 4.05. The Hall–Kier alpha value is -0.0800. The summed E-state index contributed by atoms with van der Waals surface area (Å²) in [4.78, 5) is 2.52. The van der Waals surface area contributed by atoms with E-state index in [9.17, 15) is 0 Å². The first-order chi connectivity index (χ1) is 5.67. The van der Waals surface area contributed by atoms with Crippen molar-refractivity contribution < 1.29 is 0 Å². The van der Waals surface area contributed by atoms with E-state index in [2.05, 4.69) is 37.9 Å². The summed E-state index contributed by atoms with van der Waals surface area (Å²) in [7, 11) is 2.03. The highest BCUT2D eigenvalue weighted by Crippen LogP contribution is 2.09. The molecular formula is C10H24N2. The molecule has 0 amide bonds. The Morgan fingerprint density at radius 1 is 1.17 bits per heavy atom. The summed E-state index contributed by atoms with van der Waals surface area (Å²) < 4.78 is 0. The van der Waals surface area contributed by atoms with Crippen LogP contribution in [-0.4, -0.2) is 37.6 Å². The molecule has 0 radical (unpaired) electrons. The van der Waals surface area contributed by atoms with Crippen LogP contribution in [0, 0.1) is 5.92 Å². The summed E-state index contributed by atoms with van der Waals surface area (Å²) in [5, 5.41) is 3.26. The zero-order valence-electron chi connectivity index (χ0n) is 9.22. The van der Waals surface area contributed by atoms with Gasteiger partial charge in [-0.1, -0.05) is 27.7 Å². The Morgan fingerprint density at radius 3 is 1.92 bits per heavy atom. The van der Waals surface area contributed by atoms with E-state index in [-0.39, 0.29) is 0 Å². The molecule has 0 aromatic heterocycles. The lowest BCUT2D eigenvalue weighted by atomic mass is 10.0. The van der Waals surface area contributed by atoms with Crippen molar-refractivity contribution in [2.24, 2.45) is 5.92 Å². The zero-order chi connectivity index (χ0) is 9.56. The number of hydrogen-bond donors (Lipinski definition) is 1. The lowest BCUT2D eigenvalue weighted by Gasteiger charge is -2.32. The predicted octanol–water partition coefficient (Wildman–Crippen LogP) is 1.57. The van der Waals surface area contributed by atoms with Crippen molar-refractivity contribution in [2.75, 3.05) is 26.7 Å². The van der Waals surface area contributed by atoms with Crippen LogP contribution in [0.4, 0.5) is 0 Å². The summed E-state index contributed by atoms with van der Waals surface area (Å²) >= 11 is 0. The highest BCUT2D eigenvalue weighted by molar-refractivity contribution is 4.74. The molecule has 74 valence electrons. The van der Waals surface area contributed by atoms with E-state index in [0.717, 1.165) is 25.6 Å². The third-order valence-electron chi connectivity index (χ3n) is 2.46. The predicted molar refractivity (Wildman–Crippen MR) is 55.5 cm³/mol. The van der Waals surface area contributed by atoms with Crippen LogP contribution >= 0.6 is 0 Å². The van der Waals surface area contributed by atoms with Gasteiger partial charge in [0.05, 0.1) is 0 Å². The molecular weight excluding hydrogens is 148 g/mol. The average Bonchev–Trinajstić information content (AvgIpc) is 2.05. The second-order valence-electron chi connectivity index (χ2n) is 3.59. The molecule has 0 aliphatic heterocycles. The minimum Gasteiger partial charge on any atom is -0.318 e. The fourth-order valence-corrected chi connectivity index (χ4v) is 1.69. The molecule has 0 saturated carbocycles. The smallest absolute Gasteiger partial charge is 0.0243 e. The minimum atomic E-state index is 0.685. The van der Waals surface area contributed by atoms with E-state index >= 15 is 0 Å². The maximum absolute atomic E-state index is 3.26. The van der Waals surface area contributed by atoms with Gasteiger partial charge in [0.15, 0.2) is 0 Å². The van der Waals surface area contributed by atoms with Crippen LogP contribution < -0.4 is 5.32 Å². The number of nitrogens with zero attached hydrogens (tertiary/aromatic N) is 1. The molecule has 1 atom stereocenters. The van der Waals surface area contributed by atoms with Gasteiger partial charge < -0.3 is 5.32 Å². The molecule has 2 heteroatoms. The first-order valence-corrected chi connectivity index (χ1v) is 5.05. The highest BCUT2D eigenvalue weighted by Gasteiger charge is 2.17. The summed E-state index contributed by atoms with van der Waals surface area (Å²) in [5.74, 6) is 0.734. The van der Waals surface area contributed by atoms with E-state index in [1.54, 1.807) is 0 Å². The van der Waals surface area contributed by atoms with Crippen molar-refractivity contribution in [1.82, 2.24) is 10.2 Å². The van der Waals surface area contributed by atoms with Crippen LogP contribution in [0.5, 0.6) is 0 Å². The summed E-state index contributed by atoms with van der Waals surface area (Å²) in [6.45, 7) is 12.4. The molecule has 0 aliphatic rings. The maximum atomic E-state index is 3.26. The van der Waals surface area contributed by atoms with Gasteiger partial charge in [0.2, 0.25) is 0 Å². The second-order valence-corrected chi connectivity index (χ2v) is 3.59. The largest absolute Gasteiger partial charge is 0.318 e. The van der Waals surface area contributed by atoms with E-state index in [4.69, 9.17) is 0 Å². The SMILES string of the molecule is CCN(CC)C(CNC)C(C)C. The molecule has 0 fully saturated rings. The van der Waals surface area contributed by atoms with Gasteiger partial charge in [-0.3, -0.25) is 4.90 Å². The first kappa shape index (κ1) is 11.9. The molecule has 0 aromatic rings. The van der Waals surface area contributed by atoms with Gasteiger partial charge in [-0.15, -0.1) is 0 Å². The van der Waals surface area contributed by atoms with Crippen molar-refractivity contribution in [3.8, 4) is 0 Å². The van der Waals surface area contributed by atoms with Crippen LogP contribution in [0.2, 0.25) is 0 Å². The molecule has 1 unspecified atom stereocenters. The summed E-state index contributed by atoms with van der Waals surface area (Å²) in [6, 6.07) is 0.685. The zero-order valence-corrected chi connectivity index (χ0v) is 9.22. The third kappa shape index (κ3) is 3.55. The van der Waals surface area contributed by atoms with Crippen LogP contribution in [-0.2, 0) is 0 Å². The molecule has 1 N–H and O–H groups in total. The molecule has 0 bridgehead atoms. The van der Waals surface area contributed by atoms with Gasteiger partial charge in [0.1, 0.15) is 0 Å². The topological polar surface area (TPSA) is 15.3 Å². The molecule has 0 aliphatic carbocycles. The van der Waals surface area contributed by atoms with Crippen LogP contribution in [0.1, 0.15) is 27.7 Å². The van der Waals surface area contributed by atoms with E-state index in [0.29, 0.717) is 6.04 Å². The Morgan fingerprint density at radius 2 is 1.67 bits per heavy atom. The second kappa shape index (κ2) is 6.44. The number of hydrogen-bond acceptors (Lipinski definition) is 2. The first-order valence-electron chi connectivity index (χ1n) is 5.05. The normalized spacial score (nSPS) is 14.2. The van der Waals surface area contributed by atoms with Gasteiger partial charge >= 0.3 is 0 Å². The van der Waals surface area contributed by atoms with E-state index in [1.165, 1.54) is 0 Å². The molecule has 0 saturated heterocycles. The van der Waals surface area contributed by atoms with Gasteiger partial charge in [-0.05, 0) is 26.1 Å². The average molecular weight is 172 g/mol. The fourth-order valence-electron chi connectivity index (χ4n) is 1.69. The molecule has 0 spiro atoms. The maximum Gasteiger partial charge on any atom is 0.0243 e. The Kier molecular flexibility index (Phi) is 6.39. The monoisotopic (exact) mass is 172 g/mol. The van der Waals surface area contributed by atoms with Crippen LogP contribution in [0.25, 0.3) is 0 Å². The van der Waals surface area contributed by atoms with Crippen molar-refractivity contribution >= 4 is 0 Å². The standard InChI is InChI=1S/C10H24N2/c1-6-12(7-2)10(8-11-5)9(3)4/h9-11H,6-8H2,1-5H3. The molecule has 0 heterocycles. The molecule has 0 rings (SSSR count). The van der Waals surface area contributed by atoms with Gasteiger partial charge in [0.25, 0.3) is 0 Å². The van der Waals surface area contributed by atoms with Gasteiger partial charge in [-0.25, -0.2) is 0 Å². The Labute approximate surface area is 77.3 Å². The van der Waals surface area contributed by atoms with Crippen molar-refractivity contribution in [1.29, 1.82) is 0 Å². The lowest BCUT2D eigenvalue weighted by Crippen LogP contribution is -2.44. The van der Waals surface area contributed by atoms with Crippen molar-refractivity contribution in [3.05, 3.63) is 0 Å².